The van der Waals surface area contributed by atoms with Crippen LogP contribution < -0.4 is 15.8 Å². The van der Waals surface area contributed by atoms with Crippen LogP contribution in [0.15, 0.2) is 30.3 Å². The topological polar surface area (TPSA) is 12.0 Å². The molecule has 1 nitrogen and oxygen atoms in total. The predicted molar refractivity (Wildman–Crippen MR) is 225 cm³/mol. The summed E-state index contributed by atoms with van der Waals surface area (Å²) in [6, 6.07) is 10.9. The van der Waals surface area contributed by atoms with Crippen LogP contribution in [-0.4, -0.2) is 5.54 Å². The second kappa shape index (κ2) is 28.9. The van der Waals surface area contributed by atoms with E-state index in [-0.39, 0.29) is 5.54 Å². The number of hydrogen-bond donors (Lipinski definition) is 1. The molecule has 2 aromatic rings. The third kappa shape index (κ3) is 20.6. The summed E-state index contributed by atoms with van der Waals surface area (Å²) in [6.07, 6.45) is 45.2. The molecule has 280 valence electrons. The fourth-order valence-corrected chi connectivity index (χ4v) is 7.99. The van der Waals surface area contributed by atoms with E-state index in [2.05, 4.69) is 69.6 Å². The Hall–Kier alpha value is -1.76. The van der Waals surface area contributed by atoms with Gasteiger partial charge >= 0.3 is 0 Å². The zero-order valence-electron chi connectivity index (χ0n) is 33.4. The van der Waals surface area contributed by atoms with E-state index in [1.807, 2.05) is 0 Å². The molecule has 0 amide bonds. The van der Waals surface area contributed by atoms with Crippen molar-refractivity contribution in [2.45, 2.75) is 232 Å². The highest BCUT2D eigenvalue weighted by Gasteiger charge is 2.24. The van der Waals surface area contributed by atoms with Crippen molar-refractivity contribution < 1.29 is 0 Å². The summed E-state index contributed by atoms with van der Waals surface area (Å²) in [5.74, 6) is 0. The van der Waals surface area contributed by atoms with Crippen LogP contribution in [0.1, 0.15) is 226 Å². The summed E-state index contributed by atoms with van der Waals surface area (Å²) in [6.45, 7) is 15.8. The quantitative estimate of drug-likeness (QED) is 0.0729. The average molecular weight is 674 g/mol. The first-order valence-electron chi connectivity index (χ1n) is 22.0. The molecule has 1 heteroatoms. The number of rotatable bonds is 34. The first-order chi connectivity index (χ1) is 24.0. The van der Waals surface area contributed by atoms with Gasteiger partial charge in [-0.3, -0.25) is 0 Å². The van der Waals surface area contributed by atoms with Gasteiger partial charge in [0, 0.05) is 16.6 Å². The molecule has 0 saturated carbocycles. The molecule has 0 unspecified atom stereocenters. The molecule has 0 bridgehead atoms. The van der Waals surface area contributed by atoms with Gasteiger partial charge in [0.15, 0.2) is 0 Å². The molecule has 49 heavy (non-hydrogen) atoms. The first-order valence-corrected chi connectivity index (χ1v) is 22.0. The molecule has 0 spiro atoms. The molecule has 0 aromatic heterocycles. The van der Waals surface area contributed by atoms with Crippen molar-refractivity contribution in [2.75, 3.05) is 5.32 Å². The number of unbranched alkanes of at least 4 members (excludes halogenated alkanes) is 28. The van der Waals surface area contributed by atoms with Gasteiger partial charge in [0.1, 0.15) is 0 Å². The van der Waals surface area contributed by atoms with Crippen molar-refractivity contribution >= 4 is 29.6 Å². The molecule has 0 aliphatic rings. The van der Waals surface area contributed by atoms with Crippen LogP contribution in [0.5, 0.6) is 0 Å². The highest BCUT2D eigenvalue weighted by atomic mass is 15.0. The van der Waals surface area contributed by atoms with Crippen LogP contribution in [0.4, 0.5) is 5.69 Å². The fourth-order valence-electron chi connectivity index (χ4n) is 7.99. The minimum absolute atomic E-state index is 0.116. The number of anilines is 1. The molecule has 0 fully saturated rings. The molecule has 2 rings (SSSR count). The third-order valence-corrected chi connectivity index (χ3v) is 11.3. The van der Waals surface area contributed by atoms with E-state index < -0.39 is 0 Å². The van der Waals surface area contributed by atoms with Crippen LogP contribution in [0.2, 0.25) is 0 Å². The predicted octanol–water partition coefficient (Wildman–Crippen LogP) is 15.4. The summed E-state index contributed by atoms with van der Waals surface area (Å²) < 4.78 is 0. The SMILES string of the molecule is C=c1ccc(=C)c2c(NC(C)(CCCCCCCCCCCCCCCCC)CCCCCCCCCCCCCCCCC)cccc12. The molecule has 0 saturated heterocycles. The van der Waals surface area contributed by atoms with Crippen molar-refractivity contribution in [2.24, 2.45) is 0 Å². The van der Waals surface area contributed by atoms with Gasteiger partial charge in [0.2, 0.25) is 0 Å². The van der Waals surface area contributed by atoms with E-state index in [0.29, 0.717) is 0 Å². The summed E-state index contributed by atoms with van der Waals surface area (Å²) in [7, 11) is 0. The Kier molecular flexibility index (Phi) is 25.6. The Labute approximate surface area is 306 Å². The molecule has 2 aromatic carbocycles. The van der Waals surface area contributed by atoms with Gasteiger partial charge in [-0.05, 0) is 41.7 Å². The maximum atomic E-state index is 4.40. The van der Waals surface area contributed by atoms with Crippen molar-refractivity contribution in [3.05, 3.63) is 40.8 Å². The third-order valence-electron chi connectivity index (χ3n) is 11.3. The number of benzene rings is 2. The number of nitrogens with one attached hydrogen (secondary N) is 1. The van der Waals surface area contributed by atoms with E-state index >= 15 is 0 Å². The summed E-state index contributed by atoms with van der Waals surface area (Å²) >= 11 is 0. The second-order valence-corrected chi connectivity index (χ2v) is 16.2. The number of hydrogen-bond acceptors (Lipinski definition) is 1. The van der Waals surface area contributed by atoms with Crippen molar-refractivity contribution in [1.82, 2.24) is 0 Å². The molecule has 0 atom stereocenters. The maximum Gasteiger partial charge on any atom is 0.0430 e. The Morgan fingerprint density at radius 3 is 1.12 bits per heavy atom. The van der Waals surface area contributed by atoms with Crippen LogP contribution in [0.25, 0.3) is 23.9 Å². The van der Waals surface area contributed by atoms with Gasteiger partial charge in [-0.2, -0.15) is 0 Å². The van der Waals surface area contributed by atoms with E-state index in [9.17, 15) is 0 Å². The first kappa shape index (κ1) is 43.4. The average Bonchev–Trinajstić information content (AvgIpc) is 3.10. The molecular formula is C48H83N. The summed E-state index contributed by atoms with van der Waals surface area (Å²) in [4.78, 5) is 0. The van der Waals surface area contributed by atoms with E-state index in [1.165, 1.54) is 222 Å². The lowest BCUT2D eigenvalue weighted by Gasteiger charge is -2.33. The van der Waals surface area contributed by atoms with Crippen LogP contribution in [-0.2, 0) is 0 Å². The van der Waals surface area contributed by atoms with Gasteiger partial charge in [0.05, 0.1) is 0 Å². The lowest BCUT2D eigenvalue weighted by molar-refractivity contribution is 0.392. The smallest absolute Gasteiger partial charge is 0.0430 e. The molecule has 0 radical (unpaired) electrons. The molecular weight excluding hydrogens is 591 g/mol. The minimum atomic E-state index is 0.116. The maximum absolute atomic E-state index is 4.40. The molecule has 0 aliphatic carbocycles. The Bertz CT molecular complexity index is 1110. The van der Waals surface area contributed by atoms with Gasteiger partial charge in [-0.25, -0.2) is 0 Å². The van der Waals surface area contributed by atoms with Gasteiger partial charge in [-0.15, -0.1) is 0 Å². The summed E-state index contributed by atoms with van der Waals surface area (Å²) in [5, 5.41) is 8.79. The number of fused-ring (bicyclic) bond motifs is 1. The summed E-state index contributed by atoms with van der Waals surface area (Å²) in [5.41, 5.74) is 1.36. The zero-order chi connectivity index (χ0) is 35.3. The molecule has 0 heterocycles. The largest absolute Gasteiger partial charge is 0.379 e. The monoisotopic (exact) mass is 674 g/mol. The van der Waals surface area contributed by atoms with Crippen LogP contribution >= 0.6 is 0 Å². The van der Waals surface area contributed by atoms with Crippen molar-refractivity contribution in [3.63, 3.8) is 0 Å². The van der Waals surface area contributed by atoms with E-state index in [0.717, 1.165) is 10.4 Å². The Morgan fingerprint density at radius 2 is 0.755 bits per heavy atom. The zero-order valence-corrected chi connectivity index (χ0v) is 33.4. The molecule has 1 N–H and O–H groups in total. The standard InChI is InChI=1S/C48H83N/c1-6-8-10-12-14-16-18-20-22-24-26-28-30-32-34-41-48(5,49-46-38-36-37-45-43(3)39-40-44(4)47(45)46)42-35-33-31-29-27-25-23-21-19-17-15-13-11-9-7-2/h36-40,49H,3-4,6-35,41-42H2,1-2,5H3. The molecule has 0 aliphatic heterocycles. The van der Waals surface area contributed by atoms with Crippen molar-refractivity contribution in [3.8, 4) is 0 Å². The van der Waals surface area contributed by atoms with Gasteiger partial charge in [-0.1, -0.05) is 244 Å². The Morgan fingerprint density at radius 1 is 0.429 bits per heavy atom. The van der Waals surface area contributed by atoms with Gasteiger partial charge in [0.25, 0.3) is 0 Å². The highest BCUT2D eigenvalue weighted by molar-refractivity contribution is 5.94. The lowest BCUT2D eigenvalue weighted by atomic mass is 9.87. The minimum Gasteiger partial charge on any atom is -0.379 e. The second-order valence-electron chi connectivity index (χ2n) is 16.2. The highest BCUT2D eigenvalue weighted by Crippen LogP contribution is 2.30. The van der Waals surface area contributed by atoms with Crippen molar-refractivity contribution in [1.29, 1.82) is 0 Å². The lowest BCUT2D eigenvalue weighted by Crippen LogP contribution is -2.35. The Balaban J connectivity index is 1.69. The van der Waals surface area contributed by atoms with Crippen LogP contribution in [0.3, 0.4) is 0 Å². The fraction of sp³-hybridized carbons (Fsp3) is 0.750. The van der Waals surface area contributed by atoms with Gasteiger partial charge < -0.3 is 5.32 Å². The van der Waals surface area contributed by atoms with E-state index in [4.69, 9.17) is 0 Å². The normalized spacial score (nSPS) is 11.9. The van der Waals surface area contributed by atoms with Crippen LogP contribution in [0, 0.1) is 0 Å². The van der Waals surface area contributed by atoms with E-state index in [1.54, 1.807) is 0 Å².